The molecule has 0 unspecified atom stereocenters. The third kappa shape index (κ3) is 6.35. The first kappa shape index (κ1) is 20.4. The Balaban J connectivity index is 1.34. The molecule has 1 aliphatic rings. The fourth-order valence-electron chi connectivity index (χ4n) is 3.08. The molecule has 0 spiro atoms. The van der Waals surface area contributed by atoms with Gasteiger partial charge in [0, 0.05) is 4.88 Å². The van der Waals surface area contributed by atoms with E-state index in [0.717, 1.165) is 18.6 Å². The molecule has 0 bridgehead atoms. The van der Waals surface area contributed by atoms with Crippen molar-refractivity contribution in [2.24, 2.45) is 0 Å². The zero-order valence-electron chi connectivity index (χ0n) is 15.9. The molecule has 150 valence electrons. The van der Waals surface area contributed by atoms with Crippen molar-refractivity contribution in [3.63, 3.8) is 0 Å². The quantitative estimate of drug-likeness (QED) is 0.551. The number of carbonyl (C=O) groups is 2. The normalized spacial score (nSPS) is 13.7. The molecule has 0 atom stereocenters. The second-order valence-corrected chi connectivity index (χ2v) is 7.83. The van der Waals surface area contributed by atoms with Crippen LogP contribution >= 0.6 is 11.3 Å². The Hall–Kier alpha value is -2.38. The van der Waals surface area contributed by atoms with E-state index in [1.54, 1.807) is 0 Å². The number of ether oxygens (including phenoxy) is 2. The van der Waals surface area contributed by atoms with Crippen molar-refractivity contribution in [2.45, 2.75) is 38.5 Å². The molecule has 7 heteroatoms. The molecule has 0 radical (unpaired) electrons. The van der Waals surface area contributed by atoms with Gasteiger partial charge in [-0.3, -0.25) is 20.4 Å². The van der Waals surface area contributed by atoms with Gasteiger partial charge in [0.25, 0.3) is 11.8 Å². The second-order valence-electron chi connectivity index (χ2n) is 6.69. The van der Waals surface area contributed by atoms with Gasteiger partial charge in [0.1, 0.15) is 19.0 Å². The average Bonchev–Trinajstić information content (AvgIpc) is 3.08. The topological polar surface area (TPSA) is 76.7 Å². The van der Waals surface area contributed by atoms with Crippen LogP contribution in [0.4, 0.5) is 0 Å². The molecule has 0 saturated carbocycles. The third-order valence-electron chi connectivity index (χ3n) is 4.51. The lowest BCUT2D eigenvalue weighted by atomic mass is 10.00. The molecule has 1 heterocycles. The highest BCUT2D eigenvalue weighted by molar-refractivity contribution is 7.14. The summed E-state index contributed by atoms with van der Waals surface area (Å²) in [7, 11) is 0. The van der Waals surface area contributed by atoms with E-state index in [4.69, 9.17) is 9.47 Å². The zero-order valence-corrected chi connectivity index (χ0v) is 16.7. The minimum absolute atomic E-state index is 0.140. The molecule has 0 aliphatic heterocycles. The molecule has 28 heavy (non-hydrogen) atoms. The fourth-order valence-corrected chi connectivity index (χ4v) is 4.23. The van der Waals surface area contributed by atoms with Crippen molar-refractivity contribution in [1.29, 1.82) is 0 Å². The van der Waals surface area contributed by atoms with E-state index >= 15 is 0 Å². The highest BCUT2D eigenvalue weighted by atomic mass is 32.1. The van der Waals surface area contributed by atoms with Crippen LogP contribution in [0.1, 0.15) is 45.8 Å². The predicted octanol–water partition coefficient (Wildman–Crippen LogP) is 3.26. The van der Waals surface area contributed by atoms with Crippen LogP contribution in [0.15, 0.2) is 36.4 Å². The van der Waals surface area contributed by atoms with Gasteiger partial charge in [0.05, 0.1) is 11.5 Å². The van der Waals surface area contributed by atoms with Gasteiger partial charge in [-0.1, -0.05) is 31.0 Å². The van der Waals surface area contributed by atoms with Gasteiger partial charge < -0.3 is 9.47 Å². The van der Waals surface area contributed by atoms with Crippen molar-refractivity contribution < 1.29 is 19.1 Å². The fraction of sp³-hybridized carbons (Fsp3) is 0.429. The Morgan fingerprint density at radius 2 is 1.75 bits per heavy atom. The highest BCUT2D eigenvalue weighted by Crippen LogP contribution is 2.28. The summed E-state index contributed by atoms with van der Waals surface area (Å²) in [6.07, 6.45) is 6.93. The molecular formula is C21H26N2O4S. The first-order valence-corrected chi connectivity index (χ1v) is 10.5. The van der Waals surface area contributed by atoms with Crippen molar-refractivity contribution in [2.75, 3.05) is 19.8 Å². The van der Waals surface area contributed by atoms with Crippen LogP contribution in [-0.2, 0) is 22.4 Å². The third-order valence-corrected chi connectivity index (χ3v) is 5.74. The van der Waals surface area contributed by atoms with Crippen LogP contribution in [0.5, 0.6) is 5.75 Å². The molecular weight excluding hydrogens is 376 g/mol. The maximum atomic E-state index is 12.3. The largest absolute Gasteiger partial charge is 0.491 e. The number of hydrazine groups is 1. The molecule has 1 aliphatic carbocycles. The molecule has 0 saturated heterocycles. The van der Waals surface area contributed by atoms with E-state index in [9.17, 15) is 9.59 Å². The predicted molar refractivity (Wildman–Crippen MR) is 109 cm³/mol. The zero-order chi connectivity index (χ0) is 19.6. The minimum Gasteiger partial charge on any atom is -0.491 e. The highest BCUT2D eigenvalue weighted by Gasteiger charge is 2.16. The van der Waals surface area contributed by atoms with Crippen LogP contribution < -0.4 is 15.6 Å². The smallest absolute Gasteiger partial charge is 0.279 e. The molecule has 0 fully saturated rings. The summed E-state index contributed by atoms with van der Waals surface area (Å²) in [5.74, 6) is 0.0772. The Kier molecular flexibility index (Phi) is 7.87. The van der Waals surface area contributed by atoms with Gasteiger partial charge in [0.2, 0.25) is 0 Å². The van der Waals surface area contributed by atoms with E-state index in [1.807, 2.05) is 36.4 Å². The summed E-state index contributed by atoms with van der Waals surface area (Å²) < 4.78 is 10.7. The lowest BCUT2D eigenvalue weighted by Gasteiger charge is -2.08. The summed E-state index contributed by atoms with van der Waals surface area (Å²) >= 11 is 1.53. The molecule has 2 aromatic rings. The van der Waals surface area contributed by atoms with Gasteiger partial charge in [-0.25, -0.2) is 0 Å². The van der Waals surface area contributed by atoms with Gasteiger partial charge in [-0.05, 0) is 49.4 Å². The Labute approximate surface area is 169 Å². The summed E-state index contributed by atoms with van der Waals surface area (Å²) in [4.78, 5) is 26.1. The summed E-state index contributed by atoms with van der Waals surface area (Å²) in [5.41, 5.74) is 6.14. The van der Waals surface area contributed by atoms with Crippen LogP contribution in [0.25, 0.3) is 0 Å². The van der Waals surface area contributed by atoms with Gasteiger partial charge in [0.15, 0.2) is 0 Å². The number of amides is 2. The van der Waals surface area contributed by atoms with Crippen LogP contribution in [0, 0.1) is 0 Å². The number of hydrogen-bond acceptors (Lipinski definition) is 5. The van der Waals surface area contributed by atoms with E-state index in [1.165, 1.54) is 47.5 Å². The molecule has 1 aromatic heterocycles. The molecule has 6 nitrogen and oxygen atoms in total. The second kappa shape index (κ2) is 10.8. The average molecular weight is 403 g/mol. The molecule has 3 rings (SSSR count). The standard InChI is InChI=1S/C21H26N2O4S/c24-20(15-26-12-13-27-17-9-5-3-6-10-17)22-23-21(25)19-14-16-8-4-1-2-7-11-18(16)28-19/h3,5-6,9-10,14H,1-2,4,7-8,11-13,15H2,(H,22,24)(H,23,25). The van der Waals surface area contributed by atoms with E-state index in [0.29, 0.717) is 11.5 Å². The van der Waals surface area contributed by atoms with Gasteiger partial charge in [-0.2, -0.15) is 0 Å². The summed E-state index contributed by atoms with van der Waals surface area (Å²) in [6, 6.07) is 11.4. The number of para-hydroxylation sites is 1. The van der Waals surface area contributed by atoms with Crippen molar-refractivity contribution in [3.05, 3.63) is 51.7 Å². The Morgan fingerprint density at radius 3 is 2.57 bits per heavy atom. The number of benzene rings is 1. The first-order valence-electron chi connectivity index (χ1n) is 9.69. The lowest BCUT2D eigenvalue weighted by Crippen LogP contribution is -2.43. The lowest BCUT2D eigenvalue weighted by molar-refractivity contribution is -0.126. The maximum absolute atomic E-state index is 12.3. The number of hydrogen-bond donors (Lipinski definition) is 2. The molecule has 2 amide bonds. The van der Waals surface area contributed by atoms with Crippen molar-refractivity contribution in [1.82, 2.24) is 10.9 Å². The van der Waals surface area contributed by atoms with E-state index in [-0.39, 0.29) is 19.1 Å². The number of thiophene rings is 1. The SMILES string of the molecule is O=C(COCCOc1ccccc1)NNC(=O)c1cc2c(s1)CCCCCC2. The van der Waals surface area contributed by atoms with E-state index in [2.05, 4.69) is 10.9 Å². The van der Waals surface area contributed by atoms with Crippen LogP contribution in [0.2, 0.25) is 0 Å². The monoisotopic (exact) mass is 402 g/mol. The minimum atomic E-state index is -0.400. The molecule has 1 aromatic carbocycles. The van der Waals surface area contributed by atoms with Gasteiger partial charge in [-0.15, -0.1) is 11.3 Å². The van der Waals surface area contributed by atoms with Crippen LogP contribution in [-0.4, -0.2) is 31.6 Å². The Bertz CT molecular complexity index is 750. The first-order chi connectivity index (χ1) is 13.7. The number of fused-ring (bicyclic) bond motifs is 1. The summed E-state index contributed by atoms with van der Waals surface area (Å²) in [5, 5.41) is 0. The van der Waals surface area contributed by atoms with Crippen molar-refractivity contribution in [3.8, 4) is 5.75 Å². The number of aryl methyl sites for hydroxylation is 2. The number of rotatable bonds is 7. The van der Waals surface area contributed by atoms with Crippen LogP contribution in [0.3, 0.4) is 0 Å². The maximum Gasteiger partial charge on any atom is 0.279 e. The number of nitrogens with one attached hydrogen (secondary N) is 2. The van der Waals surface area contributed by atoms with Crippen molar-refractivity contribution >= 4 is 23.2 Å². The van der Waals surface area contributed by atoms with E-state index < -0.39 is 5.91 Å². The Morgan fingerprint density at radius 1 is 0.964 bits per heavy atom. The number of carbonyl (C=O) groups excluding carboxylic acids is 2. The summed E-state index contributed by atoms with van der Waals surface area (Å²) in [6.45, 7) is 0.498. The molecule has 2 N–H and O–H groups in total. The van der Waals surface area contributed by atoms with Gasteiger partial charge >= 0.3 is 0 Å².